The smallest absolute Gasteiger partial charge is 0.363 e. The van der Waals surface area contributed by atoms with Crippen molar-refractivity contribution in [3.8, 4) is 11.5 Å². The lowest BCUT2D eigenvalue weighted by Gasteiger charge is -2.18. The van der Waals surface area contributed by atoms with Crippen LogP contribution in [0.4, 0.5) is 0 Å². The number of esters is 1. The van der Waals surface area contributed by atoms with Crippen LogP contribution >= 0.6 is 0 Å². The van der Waals surface area contributed by atoms with Gasteiger partial charge >= 0.3 is 5.97 Å². The van der Waals surface area contributed by atoms with Crippen molar-refractivity contribution < 1.29 is 19.0 Å². The molecule has 1 aromatic rings. The molecule has 0 spiro atoms. The molecular formula is C16H17NO4. The van der Waals surface area contributed by atoms with E-state index in [1.807, 2.05) is 18.2 Å². The van der Waals surface area contributed by atoms with E-state index in [-0.39, 0.29) is 0 Å². The molecule has 5 nitrogen and oxygen atoms in total. The maximum Gasteiger partial charge on any atom is 0.363 e. The molecule has 0 unspecified atom stereocenters. The quantitative estimate of drug-likeness (QED) is 0.633. The van der Waals surface area contributed by atoms with Crippen molar-refractivity contribution in [1.82, 2.24) is 0 Å². The van der Waals surface area contributed by atoms with Gasteiger partial charge in [-0.2, -0.15) is 0 Å². The van der Waals surface area contributed by atoms with Gasteiger partial charge in [0.25, 0.3) is 0 Å². The Hall–Kier alpha value is -2.30. The number of carbonyl (C=O) groups excluding carboxylic acids is 1. The highest BCUT2D eigenvalue weighted by Gasteiger charge is 2.23. The molecule has 0 amide bonds. The Morgan fingerprint density at radius 1 is 1.24 bits per heavy atom. The first kappa shape index (κ1) is 13.7. The Kier molecular flexibility index (Phi) is 3.64. The molecule has 0 atom stereocenters. The van der Waals surface area contributed by atoms with Gasteiger partial charge in [0.05, 0.1) is 0 Å². The molecule has 110 valence electrons. The van der Waals surface area contributed by atoms with Gasteiger partial charge in [0, 0.05) is 6.42 Å². The molecule has 0 saturated heterocycles. The molecule has 0 aliphatic carbocycles. The van der Waals surface area contributed by atoms with Gasteiger partial charge in [-0.05, 0) is 29.7 Å². The van der Waals surface area contributed by atoms with Crippen molar-refractivity contribution in [2.45, 2.75) is 20.3 Å². The highest BCUT2D eigenvalue weighted by atomic mass is 16.6. The molecule has 0 N–H and O–H groups in total. The van der Waals surface area contributed by atoms with Gasteiger partial charge in [-0.25, -0.2) is 9.79 Å². The van der Waals surface area contributed by atoms with Crippen LogP contribution in [0.2, 0.25) is 0 Å². The van der Waals surface area contributed by atoms with Crippen LogP contribution in [0.3, 0.4) is 0 Å². The number of hydrogen-bond acceptors (Lipinski definition) is 5. The maximum atomic E-state index is 11.8. The summed E-state index contributed by atoms with van der Waals surface area (Å²) >= 11 is 0. The van der Waals surface area contributed by atoms with Crippen molar-refractivity contribution in [2.24, 2.45) is 10.9 Å². The Morgan fingerprint density at radius 3 is 2.76 bits per heavy atom. The van der Waals surface area contributed by atoms with Crippen molar-refractivity contribution in [1.29, 1.82) is 0 Å². The highest BCUT2D eigenvalue weighted by molar-refractivity contribution is 6.07. The summed E-state index contributed by atoms with van der Waals surface area (Å²) < 4.78 is 16.1. The van der Waals surface area contributed by atoms with Gasteiger partial charge in [-0.3, -0.25) is 0 Å². The summed E-state index contributed by atoms with van der Waals surface area (Å²) in [6.45, 7) is 5.20. The van der Waals surface area contributed by atoms with Gasteiger partial charge < -0.3 is 14.2 Å². The molecule has 0 saturated carbocycles. The van der Waals surface area contributed by atoms with E-state index in [4.69, 9.17) is 14.2 Å². The van der Waals surface area contributed by atoms with E-state index < -0.39 is 5.97 Å². The summed E-state index contributed by atoms with van der Waals surface area (Å²) in [6, 6.07) is 5.54. The monoisotopic (exact) mass is 287 g/mol. The molecule has 3 rings (SSSR count). The number of carbonyl (C=O) groups is 1. The van der Waals surface area contributed by atoms with E-state index in [9.17, 15) is 4.79 Å². The summed E-state index contributed by atoms with van der Waals surface area (Å²) in [7, 11) is 0. The Labute approximate surface area is 123 Å². The van der Waals surface area contributed by atoms with E-state index >= 15 is 0 Å². The summed E-state index contributed by atoms with van der Waals surface area (Å²) in [5.74, 6) is 1.89. The molecule has 2 aliphatic rings. The normalized spacial score (nSPS) is 18.9. The molecule has 0 bridgehead atoms. The molecule has 0 aromatic heterocycles. The van der Waals surface area contributed by atoms with E-state index in [1.54, 1.807) is 6.08 Å². The van der Waals surface area contributed by atoms with Crippen molar-refractivity contribution >= 4 is 17.9 Å². The summed E-state index contributed by atoms with van der Waals surface area (Å²) in [5, 5.41) is 0. The molecular weight excluding hydrogens is 270 g/mol. The predicted molar refractivity (Wildman–Crippen MR) is 78.4 cm³/mol. The summed E-state index contributed by atoms with van der Waals surface area (Å²) in [5.41, 5.74) is 1.16. The number of hydrogen-bond donors (Lipinski definition) is 0. The van der Waals surface area contributed by atoms with E-state index in [0.29, 0.717) is 42.9 Å². The Bertz CT molecular complexity index is 631. The van der Waals surface area contributed by atoms with Crippen LogP contribution in [0.1, 0.15) is 25.8 Å². The zero-order valence-electron chi connectivity index (χ0n) is 12.1. The van der Waals surface area contributed by atoms with Gasteiger partial charge in [0.2, 0.25) is 0 Å². The van der Waals surface area contributed by atoms with Crippen molar-refractivity contribution in [2.75, 3.05) is 13.2 Å². The number of ether oxygens (including phenoxy) is 3. The van der Waals surface area contributed by atoms with Crippen LogP contribution in [0.15, 0.2) is 28.9 Å². The average molecular weight is 287 g/mol. The zero-order chi connectivity index (χ0) is 14.8. The fourth-order valence-electron chi connectivity index (χ4n) is 2.20. The molecule has 0 radical (unpaired) electrons. The second kappa shape index (κ2) is 5.60. The molecule has 21 heavy (non-hydrogen) atoms. The number of cyclic esters (lactones) is 1. The molecule has 2 aliphatic heterocycles. The second-order valence-corrected chi connectivity index (χ2v) is 5.43. The van der Waals surface area contributed by atoms with Gasteiger partial charge in [-0.1, -0.05) is 19.9 Å². The third kappa shape index (κ3) is 3.07. The lowest BCUT2D eigenvalue weighted by molar-refractivity contribution is -0.130. The number of fused-ring (bicyclic) bond motifs is 1. The van der Waals surface area contributed by atoms with Crippen molar-refractivity contribution in [3.05, 3.63) is 29.5 Å². The Balaban J connectivity index is 1.84. The molecule has 0 fully saturated rings. The van der Waals surface area contributed by atoms with Gasteiger partial charge in [0.1, 0.15) is 13.2 Å². The highest BCUT2D eigenvalue weighted by Crippen LogP contribution is 2.31. The first-order chi connectivity index (χ1) is 10.1. The molecule has 5 heteroatoms. The number of benzene rings is 1. The van der Waals surface area contributed by atoms with Crippen LogP contribution in [-0.2, 0) is 9.53 Å². The minimum atomic E-state index is -0.402. The standard InChI is InChI=1S/C16H17NO4/c1-10(2)7-15-17-12(16(18)21-15)8-11-3-4-13-14(9-11)20-6-5-19-13/h3-4,8-10H,5-7H2,1-2H3/b12-8+. The van der Waals surface area contributed by atoms with Crippen LogP contribution in [0.25, 0.3) is 6.08 Å². The number of nitrogens with zero attached hydrogens (tertiary/aromatic N) is 1. The van der Waals surface area contributed by atoms with Crippen LogP contribution in [-0.4, -0.2) is 25.1 Å². The Morgan fingerprint density at radius 2 is 2.00 bits per heavy atom. The molecule has 1 aromatic carbocycles. The SMILES string of the molecule is CC(C)CC1=N/C(=C/c2ccc3c(c2)OCCO3)C(=O)O1. The van der Waals surface area contributed by atoms with E-state index in [0.717, 1.165) is 11.3 Å². The lowest BCUT2D eigenvalue weighted by atomic mass is 10.1. The van der Waals surface area contributed by atoms with E-state index in [1.165, 1.54) is 0 Å². The first-order valence-electron chi connectivity index (χ1n) is 7.03. The topological polar surface area (TPSA) is 57.1 Å². The summed E-state index contributed by atoms with van der Waals surface area (Å²) in [6.07, 6.45) is 2.36. The lowest BCUT2D eigenvalue weighted by Crippen LogP contribution is -2.15. The molecule has 2 heterocycles. The third-order valence-electron chi connectivity index (χ3n) is 3.12. The van der Waals surface area contributed by atoms with E-state index in [2.05, 4.69) is 18.8 Å². The van der Waals surface area contributed by atoms with Crippen molar-refractivity contribution in [3.63, 3.8) is 0 Å². The maximum absolute atomic E-state index is 11.8. The van der Waals surface area contributed by atoms with Crippen LogP contribution in [0, 0.1) is 5.92 Å². The zero-order valence-corrected chi connectivity index (χ0v) is 12.1. The second-order valence-electron chi connectivity index (χ2n) is 5.43. The minimum absolute atomic E-state index is 0.322. The van der Waals surface area contributed by atoms with Crippen LogP contribution < -0.4 is 9.47 Å². The minimum Gasteiger partial charge on any atom is -0.486 e. The van der Waals surface area contributed by atoms with Crippen LogP contribution in [0.5, 0.6) is 11.5 Å². The van der Waals surface area contributed by atoms with Gasteiger partial charge in [0.15, 0.2) is 23.1 Å². The largest absolute Gasteiger partial charge is 0.486 e. The summed E-state index contributed by atoms with van der Waals surface area (Å²) in [4.78, 5) is 16.0. The third-order valence-corrected chi connectivity index (χ3v) is 3.12. The number of rotatable bonds is 3. The number of aliphatic imine (C=N–C) groups is 1. The van der Waals surface area contributed by atoms with Gasteiger partial charge in [-0.15, -0.1) is 0 Å². The fraction of sp³-hybridized carbons (Fsp3) is 0.375. The predicted octanol–water partition coefficient (Wildman–Crippen LogP) is 2.80. The fourth-order valence-corrected chi connectivity index (χ4v) is 2.20. The first-order valence-corrected chi connectivity index (χ1v) is 7.03. The average Bonchev–Trinajstić information content (AvgIpc) is 2.77.